The minimum absolute atomic E-state index is 0.0266. The van der Waals surface area contributed by atoms with Crippen LogP contribution < -0.4 is 15.4 Å². The van der Waals surface area contributed by atoms with Gasteiger partial charge in [-0.1, -0.05) is 22.6 Å². The van der Waals surface area contributed by atoms with Crippen molar-refractivity contribution in [1.29, 1.82) is 0 Å². The zero-order valence-electron chi connectivity index (χ0n) is 20.6. The monoisotopic (exact) mass is 546 g/mol. The van der Waals surface area contributed by atoms with Crippen LogP contribution in [-0.4, -0.2) is 67.5 Å². The molecule has 1 aliphatic rings. The van der Waals surface area contributed by atoms with Crippen LogP contribution in [0.25, 0.3) is 0 Å². The topological polar surface area (TPSA) is 152 Å². The molecule has 0 spiro atoms. The molecule has 13 nitrogen and oxygen atoms in total. The smallest absolute Gasteiger partial charge is 0.406 e. The number of aryl methyl sites for hydroxylation is 1. The highest BCUT2D eigenvalue weighted by molar-refractivity contribution is 5.91. The summed E-state index contributed by atoms with van der Waals surface area (Å²) in [6.07, 6.45) is 1.35. The molecule has 0 radical (unpaired) electrons. The second kappa shape index (κ2) is 12.7. The quantitative estimate of drug-likeness (QED) is 0.328. The average molecular weight is 547 g/mol. The van der Waals surface area contributed by atoms with E-state index in [0.717, 1.165) is 18.4 Å². The molecule has 0 fully saturated rings. The van der Waals surface area contributed by atoms with E-state index in [4.69, 9.17) is 0 Å². The fourth-order valence-electron chi connectivity index (χ4n) is 3.61. The number of aromatic nitrogens is 5. The second-order valence-electron chi connectivity index (χ2n) is 8.55. The Kier molecular flexibility index (Phi) is 8.96. The predicted octanol–water partition coefficient (Wildman–Crippen LogP) is 2.04. The largest absolute Gasteiger partial charge is 0.573 e. The number of hydrogen-bond acceptors (Lipinski definition) is 10. The number of alkyl halides is 3. The Labute approximate surface area is 220 Å². The Balaban J connectivity index is 1.12. The van der Waals surface area contributed by atoms with Crippen LogP contribution in [0.15, 0.2) is 59.3 Å². The van der Waals surface area contributed by atoms with Gasteiger partial charge in [0, 0.05) is 32.4 Å². The minimum Gasteiger partial charge on any atom is -0.406 e. The summed E-state index contributed by atoms with van der Waals surface area (Å²) in [5.74, 6) is -1.08. The number of hydrogen-bond donors (Lipinski definition) is 2. The zero-order chi connectivity index (χ0) is 27.7. The molecule has 0 saturated heterocycles. The Morgan fingerprint density at radius 2 is 1.87 bits per heavy atom. The van der Waals surface area contributed by atoms with Crippen molar-refractivity contribution in [3.05, 3.63) is 65.7 Å². The highest BCUT2D eigenvalue weighted by Gasteiger charge is 2.31. The lowest BCUT2D eigenvalue weighted by Gasteiger charge is -2.14. The van der Waals surface area contributed by atoms with Crippen molar-refractivity contribution in [3.8, 4) is 5.75 Å². The maximum atomic E-state index is 12.4. The fraction of sp³-hybridized carbons (Fsp3) is 0.391. The summed E-state index contributed by atoms with van der Waals surface area (Å²) in [6, 6.07) is 6.43. The maximum absolute atomic E-state index is 12.4. The third kappa shape index (κ3) is 8.72. The summed E-state index contributed by atoms with van der Waals surface area (Å²) in [5.41, 5.74) is 1.48. The normalized spacial score (nSPS) is 14.8. The van der Waals surface area contributed by atoms with Crippen LogP contribution in [0.3, 0.4) is 0 Å². The number of nitrogens with zero attached hydrogens (tertiary/aromatic N) is 8. The molecule has 1 atom stereocenters. The van der Waals surface area contributed by atoms with Crippen molar-refractivity contribution in [3.63, 3.8) is 0 Å². The van der Waals surface area contributed by atoms with Crippen LogP contribution in [0.2, 0.25) is 0 Å². The van der Waals surface area contributed by atoms with Crippen LogP contribution in [0, 0.1) is 0 Å². The molecular formula is C23H25F3N10O3. The van der Waals surface area contributed by atoms with Gasteiger partial charge in [0.15, 0.2) is 11.7 Å². The van der Waals surface area contributed by atoms with Gasteiger partial charge in [-0.05, 0) is 42.2 Å². The van der Waals surface area contributed by atoms with Crippen LogP contribution in [0.1, 0.15) is 34.5 Å². The SMILES string of the molecule is O=C(NCc1ccnnc1)c1cn(CCCCN2CC(C(=O)NCc3cccc(OC(F)(F)F)c3)N=N2)nn1. The molecule has 1 aromatic carbocycles. The number of rotatable bonds is 12. The molecule has 206 valence electrons. The summed E-state index contributed by atoms with van der Waals surface area (Å²) in [6.45, 7) is 1.73. The lowest BCUT2D eigenvalue weighted by atomic mass is 10.2. The first-order valence-electron chi connectivity index (χ1n) is 12.0. The van der Waals surface area contributed by atoms with Gasteiger partial charge in [0.05, 0.1) is 18.9 Å². The molecule has 16 heteroatoms. The Morgan fingerprint density at radius 3 is 2.67 bits per heavy atom. The van der Waals surface area contributed by atoms with E-state index in [1.807, 2.05) is 0 Å². The standard InChI is InChI=1S/C23H25F3N10O3/c24-23(25,26)39-18-5-3-4-16(10-18)11-27-21(37)19-14-35(33-31-19)8-1-2-9-36-15-20(32-34-36)22(38)28-12-17-6-7-29-30-13-17/h3-7,10,13,15,19H,1-2,8-9,11-12,14H2,(H,27,37)(H,28,38). The van der Waals surface area contributed by atoms with Crippen LogP contribution >= 0.6 is 0 Å². The zero-order valence-corrected chi connectivity index (χ0v) is 20.6. The van der Waals surface area contributed by atoms with Gasteiger partial charge in [0.1, 0.15) is 5.75 Å². The highest BCUT2D eigenvalue weighted by atomic mass is 19.4. The van der Waals surface area contributed by atoms with Gasteiger partial charge >= 0.3 is 6.36 Å². The van der Waals surface area contributed by atoms with E-state index in [1.54, 1.807) is 40.4 Å². The number of amides is 2. The number of benzene rings is 1. The highest BCUT2D eigenvalue weighted by Crippen LogP contribution is 2.23. The molecule has 3 aromatic rings. The number of unbranched alkanes of at least 4 members (excludes halogenated alkanes) is 1. The summed E-state index contributed by atoms with van der Waals surface area (Å²) in [7, 11) is 0. The van der Waals surface area contributed by atoms with Crippen molar-refractivity contribution in [2.75, 3.05) is 13.1 Å². The Hall–Kier alpha value is -4.63. The van der Waals surface area contributed by atoms with Gasteiger partial charge in [-0.2, -0.15) is 15.3 Å². The summed E-state index contributed by atoms with van der Waals surface area (Å²) in [4.78, 5) is 24.7. The van der Waals surface area contributed by atoms with Gasteiger partial charge in [-0.3, -0.25) is 19.3 Å². The van der Waals surface area contributed by atoms with E-state index < -0.39 is 12.4 Å². The third-order valence-electron chi connectivity index (χ3n) is 5.53. The van der Waals surface area contributed by atoms with E-state index >= 15 is 0 Å². The van der Waals surface area contributed by atoms with Crippen molar-refractivity contribution in [2.24, 2.45) is 10.3 Å². The van der Waals surface area contributed by atoms with Crippen LogP contribution in [0.5, 0.6) is 5.75 Å². The summed E-state index contributed by atoms with van der Waals surface area (Å²) in [5, 5.41) is 30.4. The van der Waals surface area contributed by atoms with E-state index in [0.29, 0.717) is 31.7 Å². The van der Waals surface area contributed by atoms with Gasteiger partial charge < -0.3 is 15.4 Å². The first-order valence-corrected chi connectivity index (χ1v) is 12.0. The molecule has 3 heterocycles. The summed E-state index contributed by atoms with van der Waals surface area (Å²) >= 11 is 0. The number of carbonyl (C=O) groups excluding carboxylic acids is 2. The first kappa shape index (κ1) is 27.4. The van der Waals surface area contributed by atoms with Crippen molar-refractivity contribution < 1.29 is 27.5 Å². The Bertz CT molecular complexity index is 1290. The van der Waals surface area contributed by atoms with Crippen molar-refractivity contribution >= 4 is 11.8 Å². The van der Waals surface area contributed by atoms with Gasteiger partial charge in [0.2, 0.25) is 5.91 Å². The van der Waals surface area contributed by atoms with E-state index in [2.05, 4.69) is 46.2 Å². The van der Waals surface area contributed by atoms with E-state index in [9.17, 15) is 22.8 Å². The maximum Gasteiger partial charge on any atom is 0.573 e. The number of carbonyl (C=O) groups is 2. The third-order valence-corrected chi connectivity index (χ3v) is 5.53. The molecule has 0 bridgehead atoms. The van der Waals surface area contributed by atoms with Gasteiger partial charge in [-0.15, -0.1) is 18.3 Å². The number of nitrogens with one attached hydrogen (secondary N) is 2. The molecule has 0 saturated carbocycles. The second-order valence-corrected chi connectivity index (χ2v) is 8.55. The number of halogens is 3. The molecule has 2 N–H and O–H groups in total. The fourth-order valence-corrected chi connectivity index (χ4v) is 3.61. The van der Waals surface area contributed by atoms with Gasteiger partial charge in [-0.25, -0.2) is 0 Å². The van der Waals surface area contributed by atoms with E-state index in [-0.39, 0.29) is 29.8 Å². The van der Waals surface area contributed by atoms with Gasteiger partial charge in [0.25, 0.3) is 5.91 Å². The molecule has 0 aliphatic carbocycles. The molecule has 39 heavy (non-hydrogen) atoms. The molecule has 2 amide bonds. The molecule has 1 aliphatic heterocycles. The molecule has 2 aromatic heterocycles. The molecular weight excluding hydrogens is 521 g/mol. The first-order chi connectivity index (χ1) is 18.7. The lowest BCUT2D eigenvalue weighted by Crippen LogP contribution is -2.36. The van der Waals surface area contributed by atoms with Crippen molar-refractivity contribution in [1.82, 2.24) is 40.8 Å². The predicted molar refractivity (Wildman–Crippen MR) is 128 cm³/mol. The Morgan fingerprint density at radius 1 is 1.05 bits per heavy atom. The molecule has 1 unspecified atom stereocenters. The van der Waals surface area contributed by atoms with Crippen molar-refractivity contribution in [2.45, 2.75) is 44.9 Å². The van der Waals surface area contributed by atoms with E-state index in [1.165, 1.54) is 18.2 Å². The molecule has 4 rings (SSSR count). The van der Waals surface area contributed by atoms with Crippen LogP contribution in [0.4, 0.5) is 13.2 Å². The van der Waals surface area contributed by atoms with Crippen LogP contribution in [-0.2, 0) is 24.4 Å². The number of ether oxygens (including phenoxy) is 1. The lowest BCUT2D eigenvalue weighted by molar-refractivity contribution is -0.274. The average Bonchev–Trinajstić information content (AvgIpc) is 3.58. The minimum atomic E-state index is -4.79. The summed E-state index contributed by atoms with van der Waals surface area (Å²) < 4.78 is 42.6.